The van der Waals surface area contributed by atoms with E-state index in [1.807, 2.05) is 12.1 Å². The van der Waals surface area contributed by atoms with Crippen molar-refractivity contribution >= 4 is 70.0 Å². The summed E-state index contributed by atoms with van der Waals surface area (Å²) < 4.78 is 54.0. The number of benzene rings is 1. The van der Waals surface area contributed by atoms with Crippen molar-refractivity contribution in [3.63, 3.8) is 0 Å². The third-order valence-electron chi connectivity index (χ3n) is 11.9. The van der Waals surface area contributed by atoms with E-state index in [2.05, 4.69) is 62.1 Å². The maximum absolute atomic E-state index is 13.1. The van der Waals surface area contributed by atoms with Crippen molar-refractivity contribution in [2.45, 2.75) is 12.8 Å². The second kappa shape index (κ2) is 37.4. The molecule has 472 valence electrons. The van der Waals surface area contributed by atoms with Gasteiger partial charge in [-0.05, 0) is 36.4 Å². The summed E-state index contributed by atoms with van der Waals surface area (Å²) in [4.78, 5) is 107. The zero-order chi connectivity index (χ0) is 62.0. The van der Waals surface area contributed by atoms with Crippen LogP contribution >= 0.6 is 0 Å². The highest BCUT2D eigenvalue weighted by Gasteiger charge is 2.20. The number of rotatable bonds is 43. The average molecular weight is 1220 g/mol. The lowest BCUT2D eigenvalue weighted by Crippen LogP contribution is -2.29. The molecule has 6 aromatic rings. The SMILES string of the molecule is Cn1cc(NC(=O)CCNC(=O)c2cc(NC(=O)c3nc(NC(=O)CCNC(=O)c4cc(NC(=O)c5nccn5C)c[nH]4)cn3C)c[nH]2)nc1C(=O)NCCOCCOCCOCCOCCOCCOCCOCCOCCOc1ccc(N)cc1. The number of nitrogens with zero attached hydrogens (tertiary/aromatic N) is 6. The zero-order valence-electron chi connectivity index (χ0n) is 48.8. The molecule has 0 aliphatic rings. The topological polar surface area (TPSA) is 398 Å². The summed E-state index contributed by atoms with van der Waals surface area (Å²) in [5, 5.41) is 18.4. The van der Waals surface area contributed by atoms with Crippen LogP contribution in [0.1, 0.15) is 65.7 Å². The van der Waals surface area contributed by atoms with E-state index in [-0.39, 0.29) is 85.3 Å². The van der Waals surface area contributed by atoms with E-state index < -0.39 is 41.4 Å². The van der Waals surface area contributed by atoms with Crippen LogP contribution < -0.4 is 47.7 Å². The van der Waals surface area contributed by atoms with E-state index >= 15 is 0 Å². The van der Waals surface area contributed by atoms with Crippen molar-refractivity contribution < 1.29 is 76.2 Å². The fourth-order valence-electron chi connectivity index (χ4n) is 7.55. The van der Waals surface area contributed by atoms with E-state index in [1.165, 1.54) is 52.3 Å². The van der Waals surface area contributed by atoms with E-state index in [9.17, 15) is 33.6 Å². The number of aryl methyl sites for hydroxylation is 3. The number of aromatic amines is 2. The Bertz CT molecular complexity index is 3100. The standard InChI is InChI=1S/C55H76N16O16/c1-69-14-12-57-48(69)54(77)63-39-32-42(61-34-39)51(74)58-11-9-47(73)66-45-37-71(3)50(68-45)55(78)64-40-33-43(62-35-40)52(75)59-10-8-46(72)65-44-36-70(2)49(67-44)53(76)60-13-15-79-16-17-80-18-19-81-20-21-82-22-23-83-24-25-84-26-27-85-28-29-86-30-31-87-41-6-4-38(56)5-7-41/h4-7,12,14,32-37,61-62H,8-11,13,15-31,56H2,1-3H3,(H,58,74)(H,59,75)(H,60,76)(H,63,77)(H,64,78)(H,65,72)(H,66,73). The molecule has 5 aromatic heterocycles. The molecule has 0 aliphatic carbocycles. The average Bonchev–Trinajstić information content (AvgIpc) is 2.97. The highest BCUT2D eigenvalue weighted by atomic mass is 16.6. The van der Waals surface area contributed by atoms with Gasteiger partial charge in [-0.1, -0.05) is 0 Å². The Morgan fingerprint density at radius 3 is 1.28 bits per heavy atom. The molecule has 11 N–H and O–H groups in total. The summed E-state index contributed by atoms with van der Waals surface area (Å²) in [6.45, 7) is 7.20. The molecule has 32 heteroatoms. The normalized spacial score (nSPS) is 11.1. The van der Waals surface area contributed by atoms with Crippen molar-refractivity contribution in [3.8, 4) is 5.75 Å². The summed E-state index contributed by atoms with van der Waals surface area (Å²) in [5.41, 5.74) is 7.20. The quantitative estimate of drug-likeness (QED) is 0.0189. The predicted molar refractivity (Wildman–Crippen MR) is 314 cm³/mol. The lowest BCUT2D eigenvalue weighted by molar-refractivity contribution is -0.116. The Balaban J connectivity index is 0.707. The van der Waals surface area contributed by atoms with Gasteiger partial charge in [0.2, 0.25) is 23.5 Å². The number of amides is 7. The van der Waals surface area contributed by atoms with E-state index in [4.69, 9.17) is 48.4 Å². The number of H-pyrrole nitrogens is 2. The molecule has 1 aromatic carbocycles. The molecule has 0 bridgehead atoms. The number of hydrogen-bond acceptors (Lipinski definition) is 20. The third-order valence-corrected chi connectivity index (χ3v) is 11.9. The number of imidazole rings is 3. The Hall–Kier alpha value is -9.02. The van der Waals surface area contributed by atoms with E-state index in [0.29, 0.717) is 117 Å². The van der Waals surface area contributed by atoms with Gasteiger partial charge < -0.3 is 109 Å². The first-order chi connectivity index (χ1) is 42.2. The van der Waals surface area contributed by atoms with Gasteiger partial charge >= 0.3 is 0 Å². The predicted octanol–water partition coefficient (Wildman–Crippen LogP) is 1.09. The van der Waals surface area contributed by atoms with Gasteiger partial charge in [0.15, 0.2) is 17.5 Å². The highest BCUT2D eigenvalue weighted by Crippen LogP contribution is 2.16. The minimum Gasteiger partial charge on any atom is -0.491 e. The molecular formula is C55H76N16O16. The fraction of sp³-hybridized carbons (Fsp3) is 0.455. The van der Waals surface area contributed by atoms with Gasteiger partial charge in [-0.2, -0.15) is 0 Å². The van der Waals surface area contributed by atoms with Crippen LogP contribution in [0.4, 0.5) is 28.7 Å². The van der Waals surface area contributed by atoms with Gasteiger partial charge in [0, 0.05) is 96.5 Å². The van der Waals surface area contributed by atoms with Crippen LogP contribution in [0.5, 0.6) is 5.75 Å². The lowest BCUT2D eigenvalue weighted by atomic mass is 10.3. The molecule has 0 fully saturated rings. The molecule has 0 aliphatic heterocycles. The number of carbonyl (C=O) groups excluding carboxylic acids is 7. The molecule has 0 atom stereocenters. The van der Waals surface area contributed by atoms with Crippen molar-refractivity contribution in [3.05, 3.63) is 102 Å². The first-order valence-corrected chi connectivity index (χ1v) is 27.8. The largest absolute Gasteiger partial charge is 0.491 e. The summed E-state index contributed by atoms with van der Waals surface area (Å²) in [6.07, 6.45) is 8.64. The van der Waals surface area contributed by atoms with Crippen molar-refractivity contribution in [1.82, 2.24) is 54.6 Å². The molecule has 7 amide bonds. The summed E-state index contributed by atoms with van der Waals surface area (Å²) in [6, 6.07) is 10.0. The minimum atomic E-state index is -0.639. The maximum atomic E-state index is 13.1. The van der Waals surface area contributed by atoms with Crippen LogP contribution in [-0.2, 0) is 68.6 Å². The fourth-order valence-corrected chi connectivity index (χ4v) is 7.55. The second-order valence-electron chi connectivity index (χ2n) is 18.7. The summed E-state index contributed by atoms with van der Waals surface area (Å²) in [7, 11) is 4.84. The number of anilines is 5. The van der Waals surface area contributed by atoms with Crippen LogP contribution in [-0.4, -0.2) is 212 Å². The molecule has 0 unspecified atom stereocenters. The molecular weight excluding hydrogens is 1140 g/mol. The molecule has 6 rings (SSSR count). The number of nitrogens with one attached hydrogen (secondary N) is 9. The summed E-state index contributed by atoms with van der Waals surface area (Å²) in [5.74, 6) is -2.39. The van der Waals surface area contributed by atoms with Gasteiger partial charge in [0.25, 0.3) is 29.5 Å². The van der Waals surface area contributed by atoms with Crippen LogP contribution in [0.15, 0.2) is 73.6 Å². The number of carbonyl (C=O) groups is 7. The molecule has 0 spiro atoms. The van der Waals surface area contributed by atoms with Crippen LogP contribution in [0.3, 0.4) is 0 Å². The molecule has 87 heavy (non-hydrogen) atoms. The Labute approximate surface area is 500 Å². The van der Waals surface area contributed by atoms with Gasteiger partial charge in [0.05, 0.1) is 117 Å². The Morgan fingerprint density at radius 2 is 0.851 bits per heavy atom. The molecule has 0 radical (unpaired) electrons. The van der Waals surface area contributed by atoms with Gasteiger partial charge in [-0.25, -0.2) is 15.0 Å². The van der Waals surface area contributed by atoms with E-state index in [1.54, 1.807) is 44.0 Å². The van der Waals surface area contributed by atoms with Gasteiger partial charge in [-0.15, -0.1) is 0 Å². The van der Waals surface area contributed by atoms with Gasteiger partial charge in [0.1, 0.15) is 23.7 Å². The Morgan fingerprint density at radius 1 is 0.460 bits per heavy atom. The van der Waals surface area contributed by atoms with Crippen LogP contribution in [0.2, 0.25) is 0 Å². The third kappa shape index (κ3) is 24.8. The summed E-state index contributed by atoms with van der Waals surface area (Å²) >= 11 is 0. The van der Waals surface area contributed by atoms with Gasteiger partial charge in [-0.3, -0.25) is 33.6 Å². The number of nitrogens with two attached hydrogens (primary N) is 1. The van der Waals surface area contributed by atoms with Crippen molar-refractivity contribution in [1.29, 1.82) is 0 Å². The van der Waals surface area contributed by atoms with Crippen LogP contribution in [0.25, 0.3) is 0 Å². The highest BCUT2D eigenvalue weighted by molar-refractivity contribution is 6.04. The number of nitrogen functional groups attached to an aromatic ring is 1. The lowest BCUT2D eigenvalue weighted by Gasteiger charge is -2.09. The number of hydrogen-bond donors (Lipinski definition) is 10. The van der Waals surface area contributed by atoms with Crippen LogP contribution in [0, 0.1) is 0 Å². The van der Waals surface area contributed by atoms with Crippen molar-refractivity contribution in [2.24, 2.45) is 21.1 Å². The minimum absolute atomic E-state index is 0.0272. The first kappa shape index (κ1) is 67.1. The van der Waals surface area contributed by atoms with E-state index in [0.717, 1.165) is 5.75 Å². The monoisotopic (exact) mass is 1220 g/mol. The zero-order valence-corrected chi connectivity index (χ0v) is 48.8. The first-order valence-electron chi connectivity index (χ1n) is 27.8. The molecule has 0 saturated carbocycles. The molecule has 5 heterocycles. The Kier molecular flexibility index (Phi) is 28.9. The smallest absolute Gasteiger partial charge is 0.291 e. The number of ether oxygens (including phenoxy) is 9. The molecule has 32 nitrogen and oxygen atoms in total. The second-order valence-corrected chi connectivity index (χ2v) is 18.7. The molecule has 0 saturated heterocycles. The maximum Gasteiger partial charge on any atom is 0.291 e. The number of aromatic nitrogens is 8. The van der Waals surface area contributed by atoms with Crippen molar-refractivity contribution in [2.75, 3.05) is 159 Å².